The molecule has 7 nitrogen and oxygen atoms in total. The molecule has 0 atom stereocenters. The largest absolute Gasteiger partial charge is 0.493 e. The Balaban J connectivity index is 2.12. The first-order valence-corrected chi connectivity index (χ1v) is 9.92. The van der Waals surface area contributed by atoms with Crippen LogP contribution in [0.4, 0.5) is 0 Å². The Kier molecular flexibility index (Phi) is 6.55. The first-order valence-electron chi connectivity index (χ1n) is 8.51. The number of unbranched alkanes of at least 4 members (excludes halogenated alkanes) is 3. The highest BCUT2D eigenvalue weighted by Crippen LogP contribution is 2.28. The SMILES string of the molecule is CCCCCCOc1c(C)cc(S(=O)(=O)ON2C(=O)C=CC2=O)cc1C. The number of imide groups is 1. The van der Waals surface area contributed by atoms with Gasteiger partial charge in [0.2, 0.25) is 0 Å². The normalized spacial score (nSPS) is 14.3. The summed E-state index contributed by atoms with van der Waals surface area (Å²) in [7, 11) is -4.32. The van der Waals surface area contributed by atoms with Crippen LogP contribution in [0.25, 0.3) is 0 Å². The molecule has 0 N–H and O–H groups in total. The number of hydrogen-bond donors (Lipinski definition) is 0. The lowest BCUT2D eigenvalue weighted by Crippen LogP contribution is -2.32. The standard InChI is InChI=1S/C18H23NO6S/c1-4-5-6-7-10-24-18-13(2)11-15(12-14(18)3)26(22,23)25-19-16(20)8-9-17(19)21/h8-9,11-12H,4-7,10H2,1-3H3. The first kappa shape index (κ1) is 20.1. The summed E-state index contributed by atoms with van der Waals surface area (Å²) < 4.78 is 35.3. The van der Waals surface area contributed by atoms with E-state index in [4.69, 9.17) is 4.74 Å². The van der Waals surface area contributed by atoms with Gasteiger partial charge in [-0.25, -0.2) is 0 Å². The molecule has 2 amide bonds. The fourth-order valence-electron chi connectivity index (χ4n) is 2.59. The molecule has 0 aromatic heterocycles. The Morgan fingerprint density at radius 3 is 2.08 bits per heavy atom. The van der Waals surface area contributed by atoms with Gasteiger partial charge in [0.1, 0.15) is 5.75 Å². The van der Waals surface area contributed by atoms with Gasteiger partial charge in [-0.05, 0) is 43.5 Å². The summed E-state index contributed by atoms with van der Waals surface area (Å²) in [6, 6.07) is 2.81. The van der Waals surface area contributed by atoms with Gasteiger partial charge in [-0.1, -0.05) is 26.2 Å². The van der Waals surface area contributed by atoms with Crippen LogP contribution in [-0.2, 0) is 24.0 Å². The molecular weight excluding hydrogens is 358 g/mol. The minimum Gasteiger partial charge on any atom is -0.493 e. The Morgan fingerprint density at radius 1 is 0.962 bits per heavy atom. The number of aryl methyl sites for hydroxylation is 2. The van der Waals surface area contributed by atoms with E-state index in [9.17, 15) is 18.0 Å². The predicted octanol–water partition coefficient (Wildman–Crippen LogP) is 2.81. The number of rotatable bonds is 9. The van der Waals surface area contributed by atoms with Crippen molar-refractivity contribution in [3.8, 4) is 5.75 Å². The number of nitrogens with zero attached hydrogens (tertiary/aromatic N) is 1. The third kappa shape index (κ3) is 4.70. The number of hydrogen-bond acceptors (Lipinski definition) is 6. The van der Waals surface area contributed by atoms with E-state index in [-0.39, 0.29) is 9.96 Å². The van der Waals surface area contributed by atoms with Crippen molar-refractivity contribution in [1.29, 1.82) is 0 Å². The van der Waals surface area contributed by atoms with Crippen molar-refractivity contribution in [3.05, 3.63) is 35.4 Å². The quantitative estimate of drug-likeness (QED) is 0.483. The molecule has 0 aliphatic carbocycles. The highest BCUT2D eigenvalue weighted by atomic mass is 32.2. The molecule has 1 aliphatic heterocycles. The van der Waals surface area contributed by atoms with E-state index < -0.39 is 21.9 Å². The van der Waals surface area contributed by atoms with E-state index in [1.807, 2.05) is 0 Å². The molecule has 1 heterocycles. The van der Waals surface area contributed by atoms with Crippen molar-refractivity contribution in [1.82, 2.24) is 5.06 Å². The zero-order valence-corrected chi connectivity index (χ0v) is 16.0. The molecule has 0 unspecified atom stereocenters. The summed E-state index contributed by atoms with van der Waals surface area (Å²) in [5, 5.41) is 0.220. The zero-order chi connectivity index (χ0) is 19.3. The molecule has 0 saturated carbocycles. The number of ether oxygens (including phenoxy) is 1. The Morgan fingerprint density at radius 2 is 1.54 bits per heavy atom. The Labute approximate surface area is 153 Å². The topological polar surface area (TPSA) is 90.0 Å². The summed E-state index contributed by atoms with van der Waals surface area (Å²) >= 11 is 0. The van der Waals surface area contributed by atoms with Gasteiger partial charge in [0.15, 0.2) is 0 Å². The summed E-state index contributed by atoms with van der Waals surface area (Å²) in [5.74, 6) is -1.03. The second kappa shape index (κ2) is 8.46. The van der Waals surface area contributed by atoms with Gasteiger partial charge >= 0.3 is 10.1 Å². The van der Waals surface area contributed by atoms with Gasteiger partial charge in [-0.15, -0.1) is 9.35 Å². The summed E-state index contributed by atoms with van der Waals surface area (Å²) in [6.07, 6.45) is 6.21. The van der Waals surface area contributed by atoms with Crippen molar-refractivity contribution in [2.24, 2.45) is 0 Å². The first-order chi connectivity index (χ1) is 12.3. The molecule has 0 bridgehead atoms. The van der Waals surface area contributed by atoms with Gasteiger partial charge in [0, 0.05) is 12.2 Å². The van der Waals surface area contributed by atoms with Gasteiger partial charge < -0.3 is 4.74 Å². The average molecular weight is 381 g/mol. The molecule has 8 heteroatoms. The van der Waals surface area contributed by atoms with Crippen LogP contribution < -0.4 is 4.74 Å². The second-order valence-corrected chi connectivity index (χ2v) is 7.66. The maximum absolute atomic E-state index is 12.4. The highest BCUT2D eigenvalue weighted by molar-refractivity contribution is 7.86. The predicted molar refractivity (Wildman–Crippen MR) is 94.8 cm³/mol. The van der Waals surface area contributed by atoms with E-state index in [0.29, 0.717) is 23.5 Å². The summed E-state index contributed by atoms with van der Waals surface area (Å²) in [6.45, 7) is 6.17. The van der Waals surface area contributed by atoms with Crippen LogP contribution in [0, 0.1) is 13.8 Å². The molecule has 0 saturated heterocycles. The number of benzene rings is 1. The number of hydroxylamine groups is 2. The molecule has 0 fully saturated rings. The van der Waals surface area contributed by atoms with Crippen LogP contribution in [0.5, 0.6) is 5.75 Å². The molecule has 1 aromatic carbocycles. The maximum atomic E-state index is 12.4. The van der Waals surface area contributed by atoms with E-state index in [2.05, 4.69) is 11.2 Å². The van der Waals surface area contributed by atoms with Gasteiger partial charge in [-0.3, -0.25) is 9.59 Å². The maximum Gasteiger partial charge on any atom is 0.318 e. The second-order valence-electron chi connectivity index (χ2n) is 6.13. The monoisotopic (exact) mass is 381 g/mol. The molecule has 2 rings (SSSR count). The minimum atomic E-state index is -4.32. The molecule has 0 radical (unpaired) electrons. The van der Waals surface area contributed by atoms with Crippen LogP contribution >= 0.6 is 0 Å². The van der Waals surface area contributed by atoms with Crippen molar-refractivity contribution in [3.63, 3.8) is 0 Å². The number of amides is 2. The Bertz CT molecular complexity index is 787. The highest BCUT2D eigenvalue weighted by Gasteiger charge is 2.31. The minimum absolute atomic E-state index is 0.140. The van der Waals surface area contributed by atoms with E-state index >= 15 is 0 Å². The third-order valence-corrected chi connectivity index (χ3v) is 5.07. The lowest BCUT2D eigenvalue weighted by atomic mass is 10.1. The molecule has 142 valence electrons. The van der Waals surface area contributed by atoms with Crippen molar-refractivity contribution in [2.75, 3.05) is 6.61 Å². The van der Waals surface area contributed by atoms with Gasteiger partial charge in [-0.2, -0.15) is 8.42 Å². The number of carbonyl (C=O) groups is 2. The zero-order valence-electron chi connectivity index (χ0n) is 15.1. The molecular formula is C18H23NO6S. The molecule has 1 aliphatic rings. The van der Waals surface area contributed by atoms with Gasteiger partial charge in [0.25, 0.3) is 11.8 Å². The third-order valence-electron chi connectivity index (χ3n) is 3.91. The van der Waals surface area contributed by atoms with Crippen molar-refractivity contribution < 1.29 is 27.0 Å². The van der Waals surface area contributed by atoms with E-state index in [1.165, 1.54) is 12.1 Å². The fraction of sp³-hybridized carbons (Fsp3) is 0.444. The Hall–Kier alpha value is -2.19. The van der Waals surface area contributed by atoms with Crippen LogP contribution in [0.2, 0.25) is 0 Å². The smallest absolute Gasteiger partial charge is 0.318 e. The van der Waals surface area contributed by atoms with Crippen LogP contribution in [0.15, 0.2) is 29.2 Å². The van der Waals surface area contributed by atoms with Crippen molar-refractivity contribution in [2.45, 2.75) is 51.3 Å². The van der Waals surface area contributed by atoms with Gasteiger partial charge in [0.05, 0.1) is 11.5 Å². The van der Waals surface area contributed by atoms with E-state index in [1.54, 1.807) is 13.8 Å². The lowest BCUT2D eigenvalue weighted by molar-refractivity contribution is -0.161. The fourth-order valence-corrected chi connectivity index (χ4v) is 3.66. The van der Waals surface area contributed by atoms with Crippen LogP contribution in [0.3, 0.4) is 0 Å². The van der Waals surface area contributed by atoms with Crippen molar-refractivity contribution >= 4 is 21.9 Å². The van der Waals surface area contributed by atoms with E-state index in [0.717, 1.165) is 37.8 Å². The number of carbonyl (C=O) groups excluding carboxylic acids is 2. The molecule has 26 heavy (non-hydrogen) atoms. The summed E-state index contributed by atoms with van der Waals surface area (Å²) in [5.41, 5.74) is 1.28. The lowest BCUT2D eigenvalue weighted by Gasteiger charge is -2.16. The average Bonchev–Trinajstić information content (AvgIpc) is 2.88. The molecule has 1 aromatic rings. The van der Waals surface area contributed by atoms with Crippen LogP contribution in [-0.4, -0.2) is 31.9 Å². The summed E-state index contributed by atoms with van der Waals surface area (Å²) in [4.78, 5) is 22.8. The molecule has 0 spiro atoms. The van der Waals surface area contributed by atoms with Crippen LogP contribution in [0.1, 0.15) is 43.7 Å².